The number of benzene rings is 2. The lowest BCUT2D eigenvalue weighted by Crippen LogP contribution is -2.09. The van der Waals surface area contributed by atoms with Crippen LogP contribution in [-0.4, -0.2) is 28.0 Å². The lowest BCUT2D eigenvalue weighted by atomic mass is 10.00. The van der Waals surface area contributed by atoms with E-state index >= 15 is 0 Å². The first-order chi connectivity index (χ1) is 15.8. The number of carbonyl (C=O) groups excluding carboxylic acids is 1. The van der Waals surface area contributed by atoms with Gasteiger partial charge in [0.15, 0.2) is 5.82 Å². The van der Waals surface area contributed by atoms with Gasteiger partial charge in [-0.25, -0.2) is 14.2 Å². The third kappa shape index (κ3) is 4.03. The average Bonchev–Trinajstić information content (AvgIpc) is 2.80. The number of methoxy groups -OCH3 is 1. The van der Waals surface area contributed by atoms with Gasteiger partial charge in [0.2, 0.25) is 5.95 Å². The molecule has 11 heteroatoms. The number of ether oxygens (including phenoxy) is 1. The van der Waals surface area contributed by atoms with Crippen molar-refractivity contribution in [2.75, 3.05) is 12.4 Å². The van der Waals surface area contributed by atoms with E-state index in [2.05, 4.69) is 20.0 Å². The van der Waals surface area contributed by atoms with E-state index < -0.39 is 33.9 Å². The Bertz CT molecular complexity index is 1430. The van der Waals surface area contributed by atoms with Crippen LogP contribution in [0.5, 0.6) is 0 Å². The lowest BCUT2D eigenvalue weighted by molar-refractivity contribution is -0.384. The maximum absolute atomic E-state index is 14.4. The van der Waals surface area contributed by atoms with Crippen LogP contribution in [0.4, 0.5) is 25.8 Å². The third-order valence-corrected chi connectivity index (χ3v) is 5.15. The number of carbonyl (C=O) groups is 1. The van der Waals surface area contributed by atoms with Crippen LogP contribution in [0.25, 0.3) is 22.0 Å². The maximum atomic E-state index is 14.4. The molecular formula is C22H13ClF2N4O4. The number of halogens is 3. The molecule has 8 nitrogen and oxygen atoms in total. The molecule has 2 aromatic heterocycles. The minimum absolute atomic E-state index is 0.00121. The number of nitro benzene ring substituents is 1. The van der Waals surface area contributed by atoms with Crippen molar-refractivity contribution < 1.29 is 23.2 Å². The Morgan fingerprint density at radius 3 is 2.61 bits per heavy atom. The molecule has 2 heterocycles. The van der Waals surface area contributed by atoms with E-state index in [-0.39, 0.29) is 16.8 Å². The van der Waals surface area contributed by atoms with E-state index in [1.807, 2.05) is 0 Å². The number of hydrogen-bond donors (Lipinski definition) is 1. The highest BCUT2D eigenvalue weighted by Crippen LogP contribution is 2.39. The third-order valence-electron chi connectivity index (χ3n) is 4.85. The van der Waals surface area contributed by atoms with Gasteiger partial charge in [0.25, 0.3) is 0 Å². The minimum Gasteiger partial charge on any atom is -0.465 e. The predicted molar refractivity (Wildman–Crippen MR) is 118 cm³/mol. The molecule has 166 valence electrons. The van der Waals surface area contributed by atoms with E-state index in [1.54, 1.807) is 24.3 Å². The second kappa shape index (κ2) is 8.75. The van der Waals surface area contributed by atoms with Crippen LogP contribution >= 0.6 is 11.6 Å². The highest BCUT2D eigenvalue weighted by Gasteiger charge is 2.28. The number of esters is 1. The molecule has 0 atom stereocenters. The zero-order valence-corrected chi connectivity index (χ0v) is 17.6. The fourth-order valence-electron chi connectivity index (χ4n) is 3.38. The summed E-state index contributed by atoms with van der Waals surface area (Å²) >= 11 is 6.19. The summed E-state index contributed by atoms with van der Waals surface area (Å²) in [6.07, 6.45) is 2.49. The van der Waals surface area contributed by atoms with Crippen molar-refractivity contribution in [2.24, 2.45) is 0 Å². The van der Waals surface area contributed by atoms with Crippen LogP contribution in [0.1, 0.15) is 10.4 Å². The van der Waals surface area contributed by atoms with Crippen LogP contribution in [-0.2, 0) is 4.74 Å². The Balaban J connectivity index is 1.99. The Morgan fingerprint density at radius 2 is 1.88 bits per heavy atom. The lowest BCUT2D eigenvalue weighted by Gasteiger charge is -2.14. The molecule has 0 saturated carbocycles. The summed E-state index contributed by atoms with van der Waals surface area (Å²) in [4.78, 5) is 31.0. The summed E-state index contributed by atoms with van der Waals surface area (Å²) in [5, 5.41) is 15.7. The summed E-state index contributed by atoms with van der Waals surface area (Å²) in [5.41, 5.74) is -0.615. The predicted octanol–water partition coefficient (Wildman–Crippen LogP) is 5.67. The molecule has 2 aromatic carbocycles. The van der Waals surface area contributed by atoms with Crippen molar-refractivity contribution in [3.63, 3.8) is 0 Å². The molecule has 0 fully saturated rings. The van der Waals surface area contributed by atoms with Crippen LogP contribution in [0.3, 0.4) is 0 Å². The van der Waals surface area contributed by atoms with E-state index in [1.165, 1.54) is 18.3 Å². The number of pyridine rings is 2. The molecule has 0 aliphatic carbocycles. The molecule has 0 spiro atoms. The normalized spacial score (nSPS) is 10.8. The van der Waals surface area contributed by atoms with Gasteiger partial charge >= 0.3 is 11.7 Å². The number of rotatable bonds is 5. The van der Waals surface area contributed by atoms with E-state index in [9.17, 15) is 23.7 Å². The van der Waals surface area contributed by atoms with Crippen molar-refractivity contribution in [3.05, 3.63) is 87.3 Å². The topological polar surface area (TPSA) is 107 Å². The summed E-state index contributed by atoms with van der Waals surface area (Å²) in [5.74, 6) is -3.65. The number of para-hydroxylation sites is 1. The van der Waals surface area contributed by atoms with Crippen LogP contribution in [0.15, 0.2) is 54.9 Å². The Morgan fingerprint density at radius 1 is 1.12 bits per heavy atom. The molecule has 0 unspecified atom stereocenters. The SMILES string of the molecule is COC(=O)c1cc(-c2ccnc(F)c2F)cc(Nc2ccnc3c(Cl)cccc23)c1[N+](=O)[O-]. The molecule has 4 rings (SSSR count). The Kier molecular flexibility index (Phi) is 5.84. The molecule has 0 saturated heterocycles. The summed E-state index contributed by atoms with van der Waals surface area (Å²) in [6, 6.07) is 10.1. The average molecular weight is 471 g/mol. The van der Waals surface area contributed by atoms with Gasteiger partial charge in [-0.3, -0.25) is 15.1 Å². The number of nitrogens with one attached hydrogen (secondary N) is 1. The summed E-state index contributed by atoms with van der Waals surface area (Å²) < 4.78 is 32.9. The second-order valence-corrected chi connectivity index (χ2v) is 7.16. The van der Waals surface area contributed by atoms with Crippen molar-refractivity contribution in [2.45, 2.75) is 0 Å². The van der Waals surface area contributed by atoms with Crippen LogP contribution in [0, 0.1) is 21.9 Å². The largest absolute Gasteiger partial charge is 0.465 e. The maximum Gasteiger partial charge on any atom is 0.345 e. The van der Waals surface area contributed by atoms with Gasteiger partial charge < -0.3 is 10.1 Å². The number of nitrogens with zero attached hydrogens (tertiary/aromatic N) is 3. The number of anilines is 2. The number of hydrogen-bond acceptors (Lipinski definition) is 7. The van der Waals surface area contributed by atoms with Crippen molar-refractivity contribution in [1.82, 2.24) is 9.97 Å². The smallest absolute Gasteiger partial charge is 0.345 e. The van der Waals surface area contributed by atoms with Gasteiger partial charge in [0.1, 0.15) is 11.3 Å². The van der Waals surface area contributed by atoms with Crippen molar-refractivity contribution >= 4 is 45.5 Å². The summed E-state index contributed by atoms with van der Waals surface area (Å²) in [6.45, 7) is 0. The van der Waals surface area contributed by atoms with Crippen LogP contribution in [0.2, 0.25) is 5.02 Å². The van der Waals surface area contributed by atoms with Gasteiger partial charge in [-0.1, -0.05) is 23.7 Å². The standard InChI is InChI=1S/C22H13ClF2N4O4/c1-33-22(30)14-9-11(12-5-7-27-21(25)18(12)24)10-17(20(14)29(31)32)28-16-6-8-26-19-13(16)3-2-4-15(19)23/h2-10H,1H3,(H,26,28). The van der Waals surface area contributed by atoms with Gasteiger partial charge in [-0.05, 0) is 35.9 Å². The van der Waals surface area contributed by atoms with Gasteiger partial charge in [-0.15, -0.1) is 0 Å². The number of nitro groups is 1. The fourth-order valence-corrected chi connectivity index (χ4v) is 3.61. The van der Waals surface area contributed by atoms with E-state index in [0.717, 1.165) is 19.4 Å². The van der Waals surface area contributed by atoms with Crippen LogP contribution < -0.4 is 5.32 Å². The van der Waals surface area contributed by atoms with Gasteiger partial charge in [-0.2, -0.15) is 4.39 Å². The molecule has 0 amide bonds. The fraction of sp³-hybridized carbons (Fsp3) is 0.0455. The minimum atomic E-state index is -1.35. The first kappa shape index (κ1) is 22.0. The van der Waals surface area contributed by atoms with E-state index in [4.69, 9.17) is 11.6 Å². The van der Waals surface area contributed by atoms with Gasteiger partial charge in [0.05, 0.1) is 22.6 Å². The molecule has 0 aliphatic heterocycles. The van der Waals surface area contributed by atoms with Gasteiger partial charge in [0, 0.05) is 29.0 Å². The number of fused-ring (bicyclic) bond motifs is 1. The first-order valence-electron chi connectivity index (χ1n) is 9.33. The highest BCUT2D eigenvalue weighted by atomic mass is 35.5. The molecular weight excluding hydrogens is 458 g/mol. The second-order valence-electron chi connectivity index (χ2n) is 6.75. The number of aromatic nitrogens is 2. The molecule has 4 aromatic rings. The molecule has 33 heavy (non-hydrogen) atoms. The van der Waals surface area contributed by atoms with Crippen molar-refractivity contribution in [3.8, 4) is 11.1 Å². The Labute approximate surface area is 190 Å². The quantitative estimate of drug-likeness (QED) is 0.173. The molecule has 0 aliphatic rings. The highest BCUT2D eigenvalue weighted by molar-refractivity contribution is 6.35. The zero-order valence-electron chi connectivity index (χ0n) is 16.8. The Hall–Kier alpha value is -4.18. The van der Waals surface area contributed by atoms with E-state index in [0.29, 0.717) is 21.6 Å². The first-order valence-corrected chi connectivity index (χ1v) is 9.71. The monoisotopic (exact) mass is 470 g/mol. The van der Waals surface area contributed by atoms with Crippen molar-refractivity contribution in [1.29, 1.82) is 0 Å². The molecule has 0 radical (unpaired) electrons. The summed E-state index contributed by atoms with van der Waals surface area (Å²) in [7, 11) is 1.05. The zero-order chi connectivity index (χ0) is 23.7. The molecule has 1 N–H and O–H groups in total. The molecule has 0 bridgehead atoms.